The molecule has 0 N–H and O–H groups in total. The molecule has 1 aliphatic heterocycles. The zero-order valence-corrected chi connectivity index (χ0v) is 26.2. The minimum Gasteiger partial charge on any atom is -0.414 e. The van der Waals surface area contributed by atoms with Gasteiger partial charge in [0.15, 0.2) is 25.0 Å². The molecule has 0 bridgehead atoms. The molecular formula is C23H51BO4Si3. The minimum atomic E-state index is -2.06. The van der Waals surface area contributed by atoms with E-state index in [4.69, 9.17) is 25.9 Å². The fraction of sp³-hybridized carbons (Fsp3) is 1.00. The Balaban J connectivity index is 3.22. The summed E-state index contributed by atoms with van der Waals surface area (Å²) in [5, 5.41) is 0.316. The fourth-order valence-electron chi connectivity index (χ4n) is 2.71. The van der Waals surface area contributed by atoms with Crippen molar-refractivity contribution in [3.05, 3.63) is 0 Å². The van der Waals surface area contributed by atoms with Gasteiger partial charge >= 0.3 is 0 Å². The van der Waals surface area contributed by atoms with E-state index < -0.39 is 31.0 Å². The monoisotopic (exact) mass is 486 g/mol. The SMILES string of the molecule is [B][C@@H]1O[C@H](CO[Si](C)(C)C(C)(C)C)[C@H](O[Si](C)(C)C(C)(C)C)C1O[Si](C)(C)C(C)(C)C. The van der Waals surface area contributed by atoms with Crippen LogP contribution in [0.2, 0.25) is 54.4 Å². The molecule has 1 heterocycles. The lowest BCUT2D eigenvalue weighted by molar-refractivity contribution is 0.000561. The van der Waals surface area contributed by atoms with Crippen molar-refractivity contribution < 1.29 is 18.0 Å². The second-order valence-electron chi connectivity index (χ2n) is 13.9. The molecule has 0 aliphatic carbocycles. The molecule has 4 nitrogen and oxygen atoms in total. The second kappa shape index (κ2) is 9.31. The molecule has 1 unspecified atom stereocenters. The first-order valence-electron chi connectivity index (χ1n) is 11.8. The van der Waals surface area contributed by atoms with Crippen LogP contribution in [0.25, 0.3) is 0 Å². The van der Waals surface area contributed by atoms with Gasteiger partial charge in [-0.05, 0) is 54.4 Å². The summed E-state index contributed by atoms with van der Waals surface area (Å²) < 4.78 is 26.6. The van der Waals surface area contributed by atoms with Gasteiger partial charge in [0.1, 0.15) is 20.1 Å². The number of ether oxygens (including phenoxy) is 1. The largest absolute Gasteiger partial charge is 0.414 e. The molecule has 0 aromatic carbocycles. The highest BCUT2D eigenvalue weighted by Gasteiger charge is 2.52. The van der Waals surface area contributed by atoms with Crippen LogP contribution in [0.15, 0.2) is 0 Å². The van der Waals surface area contributed by atoms with Gasteiger partial charge in [0.05, 0.1) is 12.7 Å². The van der Waals surface area contributed by atoms with Crippen LogP contribution in [0.1, 0.15) is 62.3 Å². The van der Waals surface area contributed by atoms with Gasteiger partial charge in [-0.15, -0.1) is 0 Å². The second-order valence-corrected chi connectivity index (χ2v) is 28.2. The number of hydrogen-bond acceptors (Lipinski definition) is 4. The lowest BCUT2D eigenvalue weighted by Gasteiger charge is -2.44. The van der Waals surface area contributed by atoms with Crippen LogP contribution < -0.4 is 0 Å². The van der Waals surface area contributed by atoms with Crippen molar-refractivity contribution in [3.63, 3.8) is 0 Å². The summed E-state index contributed by atoms with van der Waals surface area (Å²) in [5.74, 6) is 0. The summed E-state index contributed by atoms with van der Waals surface area (Å²) in [5.41, 5.74) is 0. The summed E-state index contributed by atoms with van der Waals surface area (Å²) >= 11 is 0. The van der Waals surface area contributed by atoms with E-state index in [9.17, 15) is 0 Å². The van der Waals surface area contributed by atoms with E-state index in [2.05, 4.69) is 102 Å². The van der Waals surface area contributed by atoms with Gasteiger partial charge in [-0.3, -0.25) is 0 Å². The Labute approximate surface area is 198 Å². The lowest BCUT2D eigenvalue weighted by atomic mass is 9.93. The molecule has 1 rings (SSSR count). The van der Waals surface area contributed by atoms with Crippen LogP contribution >= 0.6 is 0 Å². The van der Waals surface area contributed by atoms with Gasteiger partial charge in [-0.1, -0.05) is 62.3 Å². The van der Waals surface area contributed by atoms with E-state index in [1.807, 2.05) is 0 Å². The van der Waals surface area contributed by atoms with Crippen molar-refractivity contribution in [1.29, 1.82) is 0 Å². The van der Waals surface area contributed by atoms with Gasteiger partial charge in [0.25, 0.3) is 0 Å². The molecule has 31 heavy (non-hydrogen) atoms. The van der Waals surface area contributed by atoms with E-state index in [1.165, 1.54) is 0 Å². The van der Waals surface area contributed by atoms with Crippen LogP contribution in [-0.4, -0.2) is 63.7 Å². The van der Waals surface area contributed by atoms with Gasteiger partial charge in [0.2, 0.25) is 0 Å². The molecule has 8 heteroatoms. The van der Waals surface area contributed by atoms with E-state index >= 15 is 0 Å². The number of hydrogen-bond donors (Lipinski definition) is 0. The van der Waals surface area contributed by atoms with Crippen LogP contribution in [0, 0.1) is 0 Å². The summed E-state index contributed by atoms with van der Waals surface area (Å²) in [4.78, 5) is 0. The Morgan fingerprint density at radius 2 is 1.00 bits per heavy atom. The average Bonchev–Trinajstić information content (AvgIpc) is 2.77. The van der Waals surface area contributed by atoms with Crippen LogP contribution in [0.3, 0.4) is 0 Å². The van der Waals surface area contributed by atoms with E-state index in [0.717, 1.165) is 0 Å². The van der Waals surface area contributed by atoms with Gasteiger partial charge in [-0.25, -0.2) is 0 Å². The van der Waals surface area contributed by atoms with Crippen molar-refractivity contribution in [3.8, 4) is 0 Å². The highest BCUT2D eigenvalue weighted by molar-refractivity contribution is 6.75. The van der Waals surface area contributed by atoms with E-state index in [0.29, 0.717) is 6.61 Å². The first-order chi connectivity index (χ1) is 13.4. The quantitative estimate of drug-likeness (QED) is 0.376. The highest BCUT2D eigenvalue weighted by atomic mass is 28.4. The summed E-state index contributed by atoms with van der Waals surface area (Å²) in [6.07, 6.45) is -0.703. The minimum absolute atomic E-state index is 0.0873. The van der Waals surface area contributed by atoms with E-state index in [-0.39, 0.29) is 33.4 Å². The molecule has 1 saturated heterocycles. The lowest BCUT2D eigenvalue weighted by Crippen LogP contribution is -2.55. The Kier molecular flexibility index (Phi) is 8.88. The van der Waals surface area contributed by atoms with Gasteiger partial charge < -0.3 is 18.0 Å². The van der Waals surface area contributed by atoms with Crippen LogP contribution in [0.5, 0.6) is 0 Å². The average molecular weight is 487 g/mol. The molecule has 1 aliphatic rings. The summed E-state index contributed by atoms with van der Waals surface area (Å²) in [7, 11) is 0.503. The molecule has 4 atom stereocenters. The summed E-state index contributed by atoms with van der Waals surface area (Å²) in [6, 6.07) is -0.503. The fourth-order valence-corrected chi connectivity index (χ4v) is 6.34. The Bertz CT molecular complexity index is 603. The van der Waals surface area contributed by atoms with Crippen LogP contribution in [-0.2, 0) is 18.0 Å². The van der Waals surface area contributed by atoms with Crippen LogP contribution in [0.4, 0.5) is 0 Å². The Morgan fingerprint density at radius 1 is 0.645 bits per heavy atom. The molecule has 0 aromatic heterocycles. The maximum absolute atomic E-state index is 6.93. The predicted molar refractivity (Wildman–Crippen MR) is 142 cm³/mol. The third-order valence-electron chi connectivity index (χ3n) is 8.23. The van der Waals surface area contributed by atoms with Crippen molar-refractivity contribution in [2.75, 3.05) is 6.61 Å². The van der Waals surface area contributed by atoms with Gasteiger partial charge in [0, 0.05) is 6.00 Å². The summed E-state index contributed by atoms with van der Waals surface area (Å²) in [6.45, 7) is 34.5. The Morgan fingerprint density at radius 3 is 1.35 bits per heavy atom. The topological polar surface area (TPSA) is 36.9 Å². The Hall–Kier alpha value is 0.556. The molecule has 0 amide bonds. The molecule has 2 radical (unpaired) electrons. The van der Waals surface area contributed by atoms with Crippen molar-refractivity contribution >= 4 is 32.8 Å². The molecule has 182 valence electrons. The maximum Gasteiger partial charge on any atom is 0.192 e. The molecule has 1 fully saturated rings. The molecule has 0 aromatic rings. The standard InChI is InChI=1S/C23H51BO4Si3/c1-21(2,3)29(10,11)25-16-17-18(27-30(12,13)22(4,5)6)19(20(24)26-17)28-31(14,15)23(7,8)9/h17-20H,16H2,1-15H3/t17-,18+,19?,20-/m1/s1. The maximum atomic E-state index is 6.93. The third kappa shape index (κ3) is 7.02. The highest BCUT2D eigenvalue weighted by Crippen LogP contribution is 2.44. The van der Waals surface area contributed by atoms with Crippen molar-refractivity contribution in [2.24, 2.45) is 0 Å². The zero-order chi connectivity index (χ0) is 24.8. The molecule has 0 spiro atoms. The predicted octanol–water partition coefficient (Wildman–Crippen LogP) is 6.68. The number of rotatable bonds is 7. The third-order valence-corrected chi connectivity index (χ3v) is 21.7. The normalized spacial score (nSPS) is 27.1. The van der Waals surface area contributed by atoms with Gasteiger partial charge in [-0.2, -0.15) is 0 Å². The van der Waals surface area contributed by atoms with Crippen molar-refractivity contribution in [1.82, 2.24) is 0 Å². The first kappa shape index (κ1) is 29.6. The van der Waals surface area contributed by atoms with E-state index in [1.54, 1.807) is 0 Å². The molecular weight excluding hydrogens is 435 g/mol. The zero-order valence-electron chi connectivity index (χ0n) is 23.2. The van der Waals surface area contributed by atoms with Crippen molar-refractivity contribution in [2.45, 2.75) is 141 Å². The first-order valence-corrected chi connectivity index (χ1v) is 20.6. The molecule has 0 saturated carbocycles. The smallest absolute Gasteiger partial charge is 0.192 e.